The first kappa shape index (κ1) is 18.2. The minimum absolute atomic E-state index is 0.175. The van der Waals surface area contributed by atoms with Crippen molar-refractivity contribution in [3.8, 4) is 11.4 Å². The highest BCUT2D eigenvalue weighted by Crippen LogP contribution is 2.27. The summed E-state index contributed by atoms with van der Waals surface area (Å²) < 4.78 is 7.40. The Morgan fingerprint density at radius 3 is 2.77 bits per heavy atom. The molecule has 0 unspecified atom stereocenters. The van der Waals surface area contributed by atoms with E-state index < -0.39 is 0 Å². The van der Waals surface area contributed by atoms with E-state index in [-0.39, 0.29) is 5.78 Å². The molecule has 26 heavy (non-hydrogen) atoms. The second-order valence-electron chi connectivity index (χ2n) is 5.84. The van der Waals surface area contributed by atoms with E-state index in [1.165, 1.54) is 0 Å². The molecule has 134 valence electrons. The van der Waals surface area contributed by atoms with Gasteiger partial charge >= 0.3 is 0 Å². The number of aryl methyl sites for hydroxylation is 1. The van der Waals surface area contributed by atoms with Crippen molar-refractivity contribution < 1.29 is 9.21 Å². The zero-order chi connectivity index (χ0) is 18.4. The summed E-state index contributed by atoms with van der Waals surface area (Å²) in [5, 5.41) is 9.45. The lowest BCUT2D eigenvalue weighted by atomic mass is 10.1. The van der Waals surface area contributed by atoms with Gasteiger partial charge in [-0.25, -0.2) is 0 Å². The molecule has 3 aromatic rings. The van der Waals surface area contributed by atoms with E-state index in [0.29, 0.717) is 13.0 Å². The lowest BCUT2D eigenvalue weighted by molar-refractivity contribution is 0.0982. The van der Waals surface area contributed by atoms with Crippen LogP contribution in [0.2, 0.25) is 0 Å². The highest BCUT2D eigenvalue weighted by Gasteiger charge is 2.16. The smallest absolute Gasteiger partial charge is 0.191 e. The molecule has 0 saturated carbocycles. The Hall–Kier alpha value is -2.60. The average Bonchev–Trinajstić information content (AvgIpc) is 3.25. The summed E-state index contributed by atoms with van der Waals surface area (Å²) in [5.74, 6) is 2.57. The number of carbonyl (C=O) groups is 1. The van der Waals surface area contributed by atoms with Gasteiger partial charge in [0.25, 0.3) is 0 Å². The number of rotatable bonds is 9. The van der Waals surface area contributed by atoms with E-state index in [1.807, 2.05) is 54.0 Å². The van der Waals surface area contributed by atoms with Gasteiger partial charge in [-0.1, -0.05) is 48.2 Å². The molecule has 6 heteroatoms. The molecule has 0 saturated heterocycles. The maximum Gasteiger partial charge on any atom is 0.191 e. The highest BCUT2D eigenvalue weighted by molar-refractivity contribution is 7.99. The van der Waals surface area contributed by atoms with Gasteiger partial charge in [-0.3, -0.25) is 9.36 Å². The molecule has 0 aliphatic carbocycles. The third kappa shape index (κ3) is 4.14. The molecule has 2 aromatic heterocycles. The van der Waals surface area contributed by atoms with Gasteiger partial charge in [0.2, 0.25) is 0 Å². The largest absolute Gasteiger partial charge is 0.469 e. The normalized spacial score (nSPS) is 10.8. The Kier molecular flexibility index (Phi) is 6.07. The Morgan fingerprint density at radius 1 is 1.27 bits per heavy atom. The van der Waals surface area contributed by atoms with Crippen molar-refractivity contribution in [3.05, 3.63) is 66.6 Å². The van der Waals surface area contributed by atoms with Crippen LogP contribution in [0, 0.1) is 6.92 Å². The third-order valence-corrected chi connectivity index (χ3v) is 5.06. The number of thioether (sulfide) groups is 1. The summed E-state index contributed by atoms with van der Waals surface area (Å²) in [7, 11) is 0. The van der Waals surface area contributed by atoms with Crippen LogP contribution in [0.3, 0.4) is 0 Å². The first-order valence-corrected chi connectivity index (χ1v) is 9.49. The van der Waals surface area contributed by atoms with Crippen LogP contribution >= 0.6 is 11.8 Å². The number of ketones is 1. The first-order chi connectivity index (χ1) is 12.7. The molecule has 0 aliphatic heterocycles. The molecule has 0 amide bonds. The number of aromatic nitrogens is 3. The Bertz CT molecular complexity index is 884. The monoisotopic (exact) mass is 367 g/mol. The maximum atomic E-state index is 12.2. The number of allylic oxidation sites excluding steroid dienone is 1. The minimum Gasteiger partial charge on any atom is -0.469 e. The van der Waals surface area contributed by atoms with Crippen molar-refractivity contribution in [2.24, 2.45) is 0 Å². The zero-order valence-electron chi connectivity index (χ0n) is 14.7. The zero-order valence-corrected chi connectivity index (χ0v) is 15.5. The van der Waals surface area contributed by atoms with Gasteiger partial charge in [0, 0.05) is 24.3 Å². The quantitative estimate of drug-likeness (QED) is 0.236. The first-order valence-electron chi connectivity index (χ1n) is 8.50. The number of Topliss-reactive ketones (excluding diaryl/α,β-unsaturated/α-hetero) is 1. The van der Waals surface area contributed by atoms with Crippen molar-refractivity contribution in [2.45, 2.75) is 31.5 Å². The van der Waals surface area contributed by atoms with Gasteiger partial charge in [0.05, 0.1) is 11.8 Å². The molecule has 0 radical (unpaired) electrons. The van der Waals surface area contributed by atoms with Crippen molar-refractivity contribution in [1.29, 1.82) is 0 Å². The highest BCUT2D eigenvalue weighted by atomic mass is 32.2. The SMILES string of the molecule is C=CCn1c(SCCCC(=O)c2ccccc2)nnc1-c1ccoc1C. The molecule has 0 bridgehead atoms. The van der Waals surface area contributed by atoms with Crippen LogP contribution in [0.1, 0.15) is 29.0 Å². The number of hydrogen-bond acceptors (Lipinski definition) is 5. The maximum absolute atomic E-state index is 12.2. The van der Waals surface area contributed by atoms with E-state index >= 15 is 0 Å². The standard InChI is InChI=1S/C20H21N3O2S/c1-3-12-23-19(17-11-13-25-15(17)2)21-22-20(23)26-14-7-10-18(24)16-8-5-4-6-9-16/h3-6,8-9,11,13H,1,7,10,12,14H2,2H3. The van der Waals surface area contributed by atoms with Gasteiger partial charge in [-0.05, 0) is 19.4 Å². The molecule has 2 heterocycles. The molecule has 0 N–H and O–H groups in total. The van der Waals surface area contributed by atoms with Crippen LogP contribution in [-0.4, -0.2) is 26.3 Å². The van der Waals surface area contributed by atoms with Crippen LogP contribution in [0.15, 0.2) is 64.9 Å². The van der Waals surface area contributed by atoms with Crippen molar-refractivity contribution in [2.75, 3.05) is 5.75 Å². The van der Waals surface area contributed by atoms with E-state index in [0.717, 1.165) is 40.0 Å². The van der Waals surface area contributed by atoms with Gasteiger partial charge < -0.3 is 4.42 Å². The molecule has 0 fully saturated rings. The van der Waals surface area contributed by atoms with Crippen LogP contribution < -0.4 is 0 Å². The Labute approximate surface area is 157 Å². The van der Waals surface area contributed by atoms with Crippen LogP contribution in [0.25, 0.3) is 11.4 Å². The topological polar surface area (TPSA) is 60.9 Å². The predicted octanol–water partition coefficient (Wildman–Crippen LogP) is 4.79. The van der Waals surface area contributed by atoms with Crippen molar-refractivity contribution >= 4 is 17.5 Å². The number of hydrogen-bond donors (Lipinski definition) is 0. The summed E-state index contributed by atoms with van der Waals surface area (Å²) in [4.78, 5) is 12.2. The average molecular weight is 367 g/mol. The fraction of sp³-hybridized carbons (Fsp3) is 0.250. The van der Waals surface area contributed by atoms with Crippen LogP contribution in [-0.2, 0) is 6.54 Å². The van der Waals surface area contributed by atoms with Gasteiger partial charge in [-0.2, -0.15) is 0 Å². The number of nitrogens with zero attached hydrogens (tertiary/aromatic N) is 3. The van der Waals surface area contributed by atoms with Crippen LogP contribution in [0.5, 0.6) is 0 Å². The molecule has 3 rings (SSSR count). The van der Waals surface area contributed by atoms with Crippen LogP contribution in [0.4, 0.5) is 0 Å². The Morgan fingerprint density at radius 2 is 2.08 bits per heavy atom. The van der Waals surface area contributed by atoms with Gasteiger partial charge in [-0.15, -0.1) is 16.8 Å². The summed E-state index contributed by atoms with van der Waals surface area (Å²) in [6.07, 6.45) is 4.80. The molecule has 0 spiro atoms. The number of benzene rings is 1. The van der Waals surface area contributed by atoms with E-state index in [4.69, 9.17) is 4.42 Å². The molecule has 1 aromatic carbocycles. The predicted molar refractivity (Wildman–Crippen MR) is 103 cm³/mol. The summed E-state index contributed by atoms with van der Waals surface area (Å²) in [6, 6.07) is 11.3. The Balaban J connectivity index is 1.61. The van der Waals surface area contributed by atoms with Gasteiger partial charge in [0.15, 0.2) is 16.8 Å². The summed E-state index contributed by atoms with van der Waals surface area (Å²) in [5.41, 5.74) is 1.70. The molecule has 5 nitrogen and oxygen atoms in total. The van der Waals surface area contributed by atoms with E-state index in [1.54, 1.807) is 18.0 Å². The number of furan rings is 1. The molecule has 0 aliphatic rings. The molecular formula is C20H21N3O2S. The van der Waals surface area contributed by atoms with Gasteiger partial charge in [0.1, 0.15) is 5.76 Å². The fourth-order valence-electron chi connectivity index (χ4n) is 2.67. The van der Waals surface area contributed by atoms with Crippen molar-refractivity contribution in [3.63, 3.8) is 0 Å². The summed E-state index contributed by atoms with van der Waals surface area (Å²) in [6.45, 7) is 6.35. The second-order valence-corrected chi connectivity index (χ2v) is 6.90. The second kappa shape index (κ2) is 8.67. The minimum atomic E-state index is 0.175. The lowest BCUT2D eigenvalue weighted by Gasteiger charge is -2.07. The van der Waals surface area contributed by atoms with E-state index in [9.17, 15) is 4.79 Å². The third-order valence-electron chi connectivity index (χ3n) is 4.00. The molecule has 0 atom stereocenters. The molecular weight excluding hydrogens is 346 g/mol. The fourth-order valence-corrected chi connectivity index (χ4v) is 3.56. The summed E-state index contributed by atoms with van der Waals surface area (Å²) >= 11 is 1.61. The number of carbonyl (C=O) groups excluding carboxylic acids is 1. The lowest BCUT2D eigenvalue weighted by Crippen LogP contribution is -2.02. The van der Waals surface area contributed by atoms with E-state index in [2.05, 4.69) is 16.8 Å². The van der Waals surface area contributed by atoms with Crippen molar-refractivity contribution in [1.82, 2.24) is 14.8 Å².